The highest BCUT2D eigenvalue weighted by atomic mass is 35.5. The summed E-state index contributed by atoms with van der Waals surface area (Å²) in [5, 5.41) is 6.36. The number of rotatable bonds is 5. The number of thiophene rings is 1. The Morgan fingerprint density at radius 3 is 2.90 bits per heavy atom. The minimum absolute atomic E-state index is 0. The summed E-state index contributed by atoms with van der Waals surface area (Å²) < 4.78 is 0. The third-order valence-electron chi connectivity index (χ3n) is 3.33. The minimum Gasteiger partial charge on any atom is -0.350 e. The number of halogens is 1. The molecule has 0 aromatic carbocycles. The van der Waals surface area contributed by atoms with Crippen LogP contribution in [0, 0.1) is 0 Å². The Morgan fingerprint density at radius 2 is 2.15 bits per heavy atom. The minimum atomic E-state index is 0. The second-order valence-electron chi connectivity index (χ2n) is 4.88. The van der Waals surface area contributed by atoms with Gasteiger partial charge >= 0.3 is 0 Å². The average Bonchev–Trinajstić information content (AvgIpc) is 2.73. The molecule has 0 atom stereocenters. The van der Waals surface area contributed by atoms with Crippen molar-refractivity contribution in [3.8, 4) is 0 Å². The van der Waals surface area contributed by atoms with Gasteiger partial charge in [-0.25, -0.2) is 0 Å². The molecule has 1 aliphatic rings. The van der Waals surface area contributed by atoms with Crippen LogP contribution in [0.1, 0.15) is 23.1 Å². The molecule has 0 unspecified atom stereocenters. The van der Waals surface area contributed by atoms with E-state index in [-0.39, 0.29) is 18.3 Å². The molecule has 2 heterocycles. The number of hydrogen-bond acceptors (Lipinski definition) is 4. The maximum absolute atomic E-state index is 11.9. The molecule has 0 spiro atoms. The van der Waals surface area contributed by atoms with Gasteiger partial charge in [-0.2, -0.15) is 0 Å². The van der Waals surface area contributed by atoms with E-state index in [1.54, 1.807) is 11.3 Å². The van der Waals surface area contributed by atoms with Gasteiger partial charge in [-0.1, -0.05) is 6.92 Å². The largest absolute Gasteiger partial charge is 0.350 e. The van der Waals surface area contributed by atoms with Crippen LogP contribution in [0.25, 0.3) is 0 Å². The van der Waals surface area contributed by atoms with Crippen LogP contribution in [0.2, 0.25) is 0 Å². The van der Waals surface area contributed by atoms with Crippen molar-refractivity contribution in [3.63, 3.8) is 0 Å². The number of carbonyl (C=O) groups excluding carboxylic acids is 1. The Kier molecular flexibility index (Phi) is 8.14. The molecule has 0 saturated carbocycles. The molecule has 6 heteroatoms. The van der Waals surface area contributed by atoms with Gasteiger partial charge in [-0.15, -0.1) is 23.7 Å². The first-order chi connectivity index (χ1) is 9.28. The highest BCUT2D eigenvalue weighted by Crippen LogP contribution is 2.16. The molecule has 1 aromatic rings. The molecular formula is C14H24ClN3OS. The van der Waals surface area contributed by atoms with Crippen LogP contribution in [0.5, 0.6) is 0 Å². The fraction of sp³-hybridized carbons (Fsp3) is 0.643. The zero-order valence-corrected chi connectivity index (χ0v) is 13.6. The molecule has 1 aliphatic heterocycles. The predicted octanol–water partition coefficient (Wildman–Crippen LogP) is 1.64. The van der Waals surface area contributed by atoms with Crippen molar-refractivity contribution < 1.29 is 4.79 Å². The van der Waals surface area contributed by atoms with E-state index in [0.717, 1.165) is 39.0 Å². The topological polar surface area (TPSA) is 44.4 Å². The lowest BCUT2D eigenvalue weighted by molar-refractivity contribution is -0.122. The summed E-state index contributed by atoms with van der Waals surface area (Å²) in [5.74, 6) is 0.133. The summed E-state index contributed by atoms with van der Waals surface area (Å²) in [6.45, 7) is 7.36. The van der Waals surface area contributed by atoms with Gasteiger partial charge in [0, 0.05) is 22.8 Å². The first kappa shape index (κ1) is 17.4. The molecule has 1 aromatic heterocycles. The second kappa shape index (κ2) is 9.34. The predicted molar refractivity (Wildman–Crippen MR) is 86.7 cm³/mol. The van der Waals surface area contributed by atoms with Gasteiger partial charge in [0.05, 0.1) is 13.1 Å². The van der Waals surface area contributed by atoms with Crippen LogP contribution < -0.4 is 10.6 Å². The summed E-state index contributed by atoms with van der Waals surface area (Å²) >= 11 is 1.79. The monoisotopic (exact) mass is 317 g/mol. The van der Waals surface area contributed by atoms with E-state index in [2.05, 4.69) is 34.6 Å². The first-order valence-corrected chi connectivity index (χ1v) is 7.87. The standard InChI is InChI=1S/C14H23N3OS.ClH/c1-2-12-4-5-13(19-12)10-16-14(18)11-17-8-3-6-15-7-9-17;/h4-5,15H,2-3,6-11H2,1H3,(H,16,18);1H. The van der Waals surface area contributed by atoms with E-state index in [1.807, 2.05) is 0 Å². The summed E-state index contributed by atoms with van der Waals surface area (Å²) in [6.07, 6.45) is 2.19. The summed E-state index contributed by atoms with van der Waals surface area (Å²) in [4.78, 5) is 16.7. The van der Waals surface area contributed by atoms with E-state index in [9.17, 15) is 4.79 Å². The molecule has 0 aliphatic carbocycles. The molecule has 4 nitrogen and oxygen atoms in total. The average molecular weight is 318 g/mol. The fourth-order valence-electron chi connectivity index (χ4n) is 2.21. The fourth-order valence-corrected chi connectivity index (χ4v) is 3.11. The molecule has 2 N–H and O–H groups in total. The van der Waals surface area contributed by atoms with Crippen LogP contribution in [0.3, 0.4) is 0 Å². The normalized spacial score (nSPS) is 16.2. The highest BCUT2D eigenvalue weighted by molar-refractivity contribution is 7.11. The number of nitrogens with zero attached hydrogens (tertiary/aromatic N) is 1. The lowest BCUT2D eigenvalue weighted by Gasteiger charge is -2.18. The van der Waals surface area contributed by atoms with E-state index in [4.69, 9.17) is 0 Å². The van der Waals surface area contributed by atoms with Gasteiger partial charge < -0.3 is 10.6 Å². The quantitative estimate of drug-likeness (QED) is 0.868. The van der Waals surface area contributed by atoms with Crippen LogP contribution >= 0.6 is 23.7 Å². The summed E-state index contributed by atoms with van der Waals surface area (Å²) in [6, 6.07) is 4.26. The Balaban J connectivity index is 0.00000200. The Hall–Kier alpha value is -0.620. The maximum Gasteiger partial charge on any atom is 0.234 e. The van der Waals surface area contributed by atoms with Crippen LogP contribution in [0.15, 0.2) is 12.1 Å². The zero-order valence-electron chi connectivity index (χ0n) is 12.0. The first-order valence-electron chi connectivity index (χ1n) is 7.05. The van der Waals surface area contributed by atoms with Crippen molar-refractivity contribution in [2.75, 3.05) is 32.7 Å². The number of nitrogens with one attached hydrogen (secondary N) is 2. The Morgan fingerprint density at radius 1 is 1.35 bits per heavy atom. The van der Waals surface area contributed by atoms with Crippen molar-refractivity contribution in [1.82, 2.24) is 15.5 Å². The van der Waals surface area contributed by atoms with E-state index < -0.39 is 0 Å². The molecule has 114 valence electrons. The van der Waals surface area contributed by atoms with Crippen molar-refractivity contribution >= 4 is 29.7 Å². The highest BCUT2D eigenvalue weighted by Gasteiger charge is 2.12. The maximum atomic E-state index is 11.9. The smallest absolute Gasteiger partial charge is 0.234 e. The zero-order chi connectivity index (χ0) is 13.5. The molecule has 0 bridgehead atoms. The SMILES string of the molecule is CCc1ccc(CNC(=O)CN2CCCNCC2)s1.Cl. The van der Waals surface area contributed by atoms with Gasteiger partial charge in [-0.05, 0) is 38.1 Å². The van der Waals surface area contributed by atoms with E-state index in [0.29, 0.717) is 13.1 Å². The molecule has 1 saturated heterocycles. The molecule has 2 rings (SSSR count). The van der Waals surface area contributed by atoms with Gasteiger partial charge in [0.15, 0.2) is 0 Å². The summed E-state index contributed by atoms with van der Waals surface area (Å²) in [5.41, 5.74) is 0. The molecule has 1 amide bonds. The molecular weight excluding hydrogens is 294 g/mol. The van der Waals surface area contributed by atoms with E-state index in [1.165, 1.54) is 9.75 Å². The molecule has 20 heavy (non-hydrogen) atoms. The number of amides is 1. The number of aryl methyl sites for hydroxylation is 1. The lowest BCUT2D eigenvalue weighted by atomic mass is 10.3. The van der Waals surface area contributed by atoms with Crippen LogP contribution in [-0.2, 0) is 17.8 Å². The van der Waals surface area contributed by atoms with Crippen molar-refractivity contribution in [2.45, 2.75) is 26.3 Å². The van der Waals surface area contributed by atoms with Crippen molar-refractivity contribution in [2.24, 2.45) is 0 Å². The summed E-state index contributed by atoms with van der Waals surface area (Å²) in [7, 11) is 0. The third kappa shape index (κ3) is 5.79. The van der Waals surface area contributed by atoms with Crippen LogP contribution in [0.4, 0.5) is 0 Å². The van der Waals surface area contributed by atoms with Gasteiger partial charge in [0.1, 0.15) is 0 Å². The number of carbonyl (C=O) groups is 1. The molecule has 0 radical (unpaired) electrons. The van der Waals surface area contributed by atoms with Gasteiger partial charge in [0.2, 0.25) is 5.91 Å². The third-order valence-corrected chi connectivity index (χ3v) is 4.56. The van der Waals surface area contributed by atoms with Gasteiger partial charge in [-0.3, -0.25) is 9.69 Å². The second-order valence-corrected chi connectivity index (χ2v) is 6.13. The molecule has 1 fully saturated rings. The Bertz CT molecular complexity index is 403. The van der Waals surface area contributed by atoms with Gasteiger partial charge in [0.25, 0.3) is 0 Å². The van der Waals surface area contributed by atoms with Crippen molar-refractivity contribution in [1.29, 1.82) is 0 Å². The van der Waals surface area contributed by atoms with E-state index >= 15 is 0 Å². The van der Waals surface area contributed by atoms with Crippen molar-refractivity contribution in [3.05, 3.63) is 21.9 Å². The Labute approximate surface area is 131 Å². The van der Waals surface area contributed by atoms with Crippen LogP contribution in [-0.4, -0.2) is 43.5 Å². The lowest BCUT2D eigenvalue weighted by Crippen LogP contribution is -2.38. The number of hydrogen-bond donors (Lipinski definition) is 2.